The van der Waals surface area contributed by atoms with Crippen molar-refractivity contribution in [2.75, 3.05) is 0 Å². The Morgan fingerprint density at radius 3 is 2.00 bits per heavy atom. The zero-order valence-electron chi connectivity index (χ0n) is 17.4. The first kappa shape index (κ1) is 23.6. The topological polar surface area (TPSA) is 84.5 Å². The molecule has 0 aliphatic rings. The molecule has 0 aliphatic heterocycles. The Morgan fingerprint density at radius 2 is 1.43 bits per heavy atom. The molecule has 0 saturated heterocycles. The number of carbonyl (C=O) groups excluding carboxylic acids is 3. The quantitative estimate of drug-likeness (QED) is 0.532. The molecule has 0 spiro atoms. The average molecular weight is 475 g/mol. The number of amides is 2. The largest absolute Gasteiger partial charge is 0.463 e. The van der Waals surface area contributed by atoms with Crippen molar-refractivity contribution in [3.05, 3.63) is 70.2 Å². The highest BCUT2D eigenvalue weighted by molar-refractivity contribution is 9.10. The van der Waals surface area contributed by atoms with Crippen molar-refractivity contribution in [2.45, 2.75) is 51.8 Å². The van der Waals surface area contributed by atoms with Crippen molar-refractivity contribution in [3.8, 4) is 0 Å². The van der Waals surface area contributed by atoms with Crippen LogP contribution >= 0.6 is 15.9 Å². The zero-order valence-corrected chi connectivity index (χ0v) is 18.9. The molecule has 2 aromatic rings. The van der Waals surface area contributed by atoms with Gasteiger partial charge in [-0.05, 0) is 37.1 Å². The standard InChI is InChI=1S/C23H27BrN2O4/c1-15(2)30-23(29)14-21(17-7-5-4-6-8-17)26-22(28)13-20(25-16(3)27)18-9-11-19(24)12-10-18/h4-12,15,20-21H,13-14H2,1-3H3,(H,25,27)(H,26,28). The summed E-state index contributed by atoms with van der Waals surface area (Å²) in [4.78, 5) is 36.7. The Balaban J connectivity index is 2.14. The highest BCUT2D eigenvalue weighted by Gasteiger charge is 2.23. The first-order chi connectivity index (χ1) is 14.2. The summed E-state index contributed by atoms with van der Waals surface area (Å²) in [5.74, 6) is -0.885. The van der Waals surface area contributed by atoms with E-state index in [0.29, 0.717) is 0 Å². The van der Waals surface area contributed by atoms with Gasteiger partial charge in [-0.2, -0.15) is 0 Å². The molecular formula is C23H27BrN2O4. The maximum atomic E-state index is 12.8. The Hall–Kier alpha value is -2.67. The smallest absolute Gasteiger partial charge is 0.308 e. The van der Waals surface area contributed by atoms with E-state index in [4.69, 9.17) is 4.74 Å². The van der Waals surface area contributed by atoms with Crippen LogP contribution in [0.4, 0.5) is 0 Å². The Morgan fingerprint density at radius 1 is 0.867 bits per heavy atom. The van der Waals surface area contributed by atoms with E-state index < -0.39 is 12.1 Å². The number of ether oxygens (including phenoxy) is 1. The van der Waals surface area contributed by atoms with E-state index in [9.17, 15) is 14.4 Å². The summed E-state index contributed by atoms with van der Waals surface area (Å²) in [6.45, 7) is 4.98. The Kier molecular flexibility index (Phi) is 9.05. The minimum absolute atomic E-state index is 0.0248. The molecular weight excluding hydrogens is 448 g/mol. The lowest BCUT2D eigenvalue weighted by molar-refractivity contribution is -0.148. The van der Waals surface area contributed by atoms with Gasteiger partial charge >= 0.3 is 5.97 Å². The van der Waals surface area contributed by atoms with Gasteiger partial charge in [0, 0.05) is 11.4 Å². The third-order valence-corrected chi connectivity index (χ3v) is 4.84. The van der Waals surface area contributed by atoms with Crippen LogP contribution in [0.2, 0.25) is 0 Å². The van der Waals surface area contributed by atoms with Gasteiger partial charge in [0.25, 0.3) is 0 Å². The normalized spacial score (nSPS) is 12.7. The molecule has 0 fully saturated rings. The van der Waals surface area contributed by atoms with E-state index >= 15 is 0 Å². The molecule has 0 heterocycles. The van der Waals surface area contributed by atoms with Gasteiger partial charge in [-0.1, -0.05) is 58.4 Å². The van der Waals surface area contributed by atoms with Crippen molar-refractivity contribution >= 4 is 33.7 Å². The van der Waals surface area contributed by atoms with Gasteiger partial charge in [0.05, 0.1) is 31.0 Å². The molecule has 6 nitrogen and oxygen atoms in total. The summed E-state index contributed by atoms with van der Waals surface area (Å²) in [6.07, 6.45) is -0.160. The molecule has 0 radical (unpaired) electrons. The van der Waals surface area contributed by atoms with Crippen LogP contribution < -0.4 is 10.6 Å². The second kappa shape index (κ2) is 11.5. The van der Waals surface area contributed by atoms with Gasteiger partial charge in [0.2, 0.25) is 11.8 Å². The fourth-order valence-electron chi connectivity index (χ4n) is 3.05. The second-order valence-electron chi connectivity index (χ2n) is 7.28. The highest BCUT2D eigenvalue weighted by atomic mass is 79.9. The second-order valence-corrected chi connectivity index (χ2v) is 8.20. The average Bonchev–Trinajstić information content (AvgIpc) is 2.67. The van der Waals surface area contributed by atoms with E-state index in [-0.39, 0.29) is 36.7 Å². The number of carbonyl (C=O) groups is 3. The molecule has 0 aromatic heterocycles. The molecule has 0 aliphatic carbocycles. The van der Waals surface area contributed by atoms with Crippen LogP contribution in [-0.2, 0) is 19.1 Å². The number of esters is 1. The van der Waals surface area contributed by atoms with Crippen molar-refractivity contribution in [1.29, 1.82) is 0 Å². The monoisotopic (exact) mass is 474 g/mol. The Bertz CT molecular complexity index is 853. The summed E-state index contributed by atoms with van der Waals surface area (Å²) in [7, 11) is 0. The summed E-state index contributed by atoms with van der Waals surface area (Å²) in [5, 5.41) is 5.74. The number of hydrogen-bond donors (Lipinski definition) is 2. The first-order valence-electron chi connectivity index (χ1n) is 9.81. The summed E-state index contributed by atoms with van der Waals surface area (Å²) in [5.41, 5.74) is 1.63. The number of hydrogen-bond acceptors (Lipinski definition) is 4. The molecule has 2 atom stereocenters. The van der Waals surface area contributed by atoms with Gasteiger partial charge < -0.3 is 15.4 Å². The van der Waals surface area contributed by atoms with Crippen molar-refractivity contribution in [3.63, 3.8) is 0 Å². The highest BCUT2D eigenvalue weighted by Crippen LogP contribution is 2.22. The molecule has 2 amide bonds. The van der Waals surface area contributed by atoms with Crippen molar-refractivity contribution < 1.29 is 19.1 Å². The van der Waals surface area contributed by atoms with Gasteiger partial charge in [-0.3, -0.25) is 14.4 Å². The molecule has 160 valence electrons. The molecule has 2 aromatic carbocycles. The number of nitrogens with one attached hydrogen (secondary N) is 2. The molecule has 2 unspecified atom stereocenters. The molecule has 0 bridgehead atoms. The van der Waals surface area contributed by atoms with Crippen LogP contribution in [0.1, 0.15) is 56.8 Å². The van der Waals surface area contributed by atoms with Crippen LogP contribution in [-0.4, -0.2) is 23.9 Å². The minimum atomic E-state index is -0.521. The number of halogens is 1. The lowest BCUT2D eigenvalue weighted by atomic mass is 10.0. The molecule has 0 saturated carbocycles. The van der Waals surface area contributed by atoms with E-state index in [1.165, 1.54) is 6.92 Å². The molecule has 30 heavy (non-hydrogen) atoms. The third kappa shape index (κ3) is 7.99. The van der Waals surface area contributed by atoms with Gasteiger partial charge in [0.1, 0.15) is 0 Å². The lowest BCUT2D eigenvalue weighted by Gasteiger charge is -2.22. The van der Waals surface area contributed by atoms with E-state index in [2.05, 4.69) is 26.6 Å². The van der Waals surface area contributed by atoms with Crippen LogP contribution in [0.3, 0.4) is 0 Å². The van der Waals surface area contributed by atoms with Crippen LogP contribution in [0.25, 0.3) is 0 Å². The first-order valence-corrected chi connectivity index (χ1v) is 10.6. The summed E-state index contributed by atoms with van der Waals surface area (Å²) < 4.78 is 6.15. The van der Waals surface area contributed by atoms with E-state index in [1.807, 2.05) is 54.6 Å². The van der Waals surface area contributed by atoms with Gasteiger partial charge in [-0.15, -0.1) is 0 Å². The molecule has 2 rings (SSSR count). The molecule has 7 heteroatoms. The number of rotatable bonds is 9. The zero-order chi connectivity index (χ0) is 22.1. The van der Waals surface area contributed by atoms with E-state index in [0.717, 1.165) is 15.6 Å². The SMILES string of the molecule is CC(=O)NC(CC(=O)NC(CC(=O)OC(C)C)c1ccccc1)c1ccc(Br)cc1. The predicted octanol–water partition coefficient (Wildman–Crippen LogP) is 4.22. The number of benzene rings is 2. The minimum Gasteiger partial charge on any atom is -0.463 e. The van der Waals surface area contributed by atoms with E-state index in [1.54, 1.807) is 13.8 Å². The van der Waals surface area contributed by atoms with Crippen molar-refractivity contribution in [1.82, 2.24) is 10.6 Å². The molecule has 2 N–H and O–H groups in total. The third-order valence-electron chi connectivity index (χ3n) is 4.31. The summed E-state index contributed by atoms with van der Waals surface area (Å²) in [6, 6.07) is 15.7. The lowest BCUT2D eigenvalue weighted by Crippen LogP contribution is -2.35. The fraction of sp³-hybridized carbons (Fsp3) is 0.348. The van der Waals surface area contributed by atoms with Crippen LogP contribution in [0.5, 0.6) is 0 Å². The maximum Gasteiger partial charge on any atom is 0.308 e. The Labute approximate surface area is 185 Å². The van der Waals surface area contributed by atoms with Crippen LogP contribution in [0.15, 0.2) is 59.1 Å². The predicted molar refractivity (Wildman–Crippen MR) is 118 cm³/mol. The van der Waals surface area contributed by atoms with Gasteiger partial charge in [0.15, 0.2) is 0 Å². The van der Waals surface area contributed by atoms with Gasteiger partial charge in [-0.25, -0.2) is 0 Å². The van der Waals surface area contributed by atoms with Crippen molar-refractivity contribution in [2.24, 2.45) is 0 Å². The van der Waals surface area contributed by atoms with Crippen LogP contribution in [0, 0.1) is 0 Å². The summed E-state index contributed by atoms with van der Waals surface area (Å²) >= 11 is 3.38. The maximum absolute atomic E-state index is 12.8. The fourth-order valence-corrected chi connectivity index (χ4v) is 3.31.